The van der Waals surface area contributed by atoms with E-state index in [4.69, 9.17) is 11.6 Å². The van der Waals surface area contributed by atoms with Crippen LogP contribution in [0.25, 0.3) is 0 Å². The zero-order valence-corrected chi connectivity index (χ0v) is 9.74. The van der Waals surface area contributed by atoms with Gasteiger partial charge in [0.15, 0.2) is 0 Å². The van der Waals surface area contributed by atoms with Gasteiger partial charge in [0.25, 0.3) is 5.56 Å². The van der Waals surface area contributed by atoms with Gasteiger partial charge in [-0.1, -0.05) is 11.6 Å². The minimum atomic E-state index is -0.654. The zero-order chi connectivity index (χ0) is 12.3. The summed E-state index contributed by atoms with van der Waals surface area (Å²) in [5.41, 5.74) is -1.30. The largest absolute Gasteiger partial charge is 0.344 e. The molecule has 0 saturated heterocycles. The van der Waals surface area contributed by atoms with Gasteiger partial charge in [0.1, 0.15) is 11.6 Å². The first-order valence-corrected chi connectivity index (χ1v) is 5.06. The topological polar surface area (TPSA) is 75.2 Å². The van der Waals surface area contributed by atoms with E-state index in [-0.39, 0.29) is 17.5 Å². The predicted octanol–water partition coefficient (Wildman–Crippen LogP) is -0.332. The Bertz CT molecular complexity index is 505. The van der Waals surface area contributed by atoms with E-state index in [1.807, 2.05) is 11.9 Å². The average molecular weight is 246 g/mol. The molecule has 0 bridgehead atoms. The van der Waals surface area contributed by atoms with Crippen LogP contribution in [0.3, 0.4) is 0 Å². The number of halogens is 1. The van der Waals surface area contributed by atoms with Crippen molar-refractivity contribution in [1.82, 2.24) is 14.5 Å². The molecule has 1 amide bonds. The van der Waals surface area contributed by atoms with E-state index in [1.165, 1.54) is 4.90 Å². The fourth-order valence-electron chi connectivity index (χ4n) is 1.04. The van der Waals surface area contributed by atoms with Gasteiger partial charge >= 0.3 is 5.69 Å². The van der Waals surface area contributed by atoms with Crippen LogP contribution >= 0.6 is 11.6 Å². The van der Waals surface area contributed by atoms with Crippen LogP contribution in [0.5, 0.6) is 0 Å². The molecular weight excluding hydrogens is 234 g/mol. The number of rotatable bonds is 3. The van der Waals surface area contributed by atoms with E-state index < -0.39 is 11.2 Å². The molecule has 88 valence electrons. The van der Waals surface area contributed by atoms with E-state index in [9.17, 15) is 14.4 Å². The van der Waals surface area contributed by atoms with Gasteiger partial charge in [-0.2, -0.15) is 0 Å². The highest BCUT2D eigenvalue weighted by Gasteiger charge is 2.10. The highest BCUT2D eigenvalue weighted by atomic mass is 35.5. The van der Waals surface area contributed by atoms with Gasteiger partial charge in [-0.05, 0) is 6.92 Å². The molecule has 0 spiro atoms. The maximum Gasteiger partial charge on any atom is 0.328 e. The lowest BCUT2D eigenvalue weighted by Crippen LogP contribution is -2.36. The Hall–Kier alpha value is -1.56. The molecule has 1 aromatic heterocycles. The van der Waals surface area contributed by atoms with Crippen molar-refractivity contribution in [2.45, 2.75) is 13.5 Å². The Kier molecular flexibility index (Phi) is 3.89. The molecule has 0 aliphatic carbocycles. The van der Waals surface area contributed by atoms with Crippen LogP contribution in [0, 0.1) is 0 Å². The number of carbonyl (C=O) groups excluding carboxylic acids is 1. The monoisotopic (exact) mass is 245 g/mol. The van der Waals surface area contributed by atoms with Crippen molar-refractivity contribution in [3.8, 4) is 0 Å². The van der Waals surface area contributed by atoms with Gasteiger partial charge in [-0.15, -0.1) is 0 Å². The summed E-state index contributed by atoms with van der Waals surface area (Å²) in [7, 11) is 1.63. The van der Waals surface area contributed by atoms with Gasteiger partial charge in [-0.3, -0.25) is 19.1 Å². The Labute approximate surface area is 96.5 Å². The Morgan fingerprint density at radius 1 is 1.56 bits per heavy atom. The van der Waals surface area contributed by atoms with Gasteiger partial charge in [0.2, 0.25) is 5.91 Å². The molecule has 0 radical (unpaired) electrons. The Morgan fingerprint density at radius 2 is 2.19 bits per heavy atom. The van der Waals surface area contributed by atoms with Crippen molar-refractivity contribution < 1.29 is 4.79 Å². The summed E-state index contributed by atoms with van der Waals surface area (Å²) in [5, 5.41) is -0.119. The lowest BCUT2D eigenvalue weighted by Gasteiger charge is -2.14. The summed E-state index contributed by atoms with van der Waals surface area (Å²) in [6.07, 6.45) is 1.16. The van der Waals surface area contributed by atoms with Crippen molar-refractivity contribution in [2.24, 2.45) is 0 Å². The molecule has 1 aromatic rings. The molecular formula is C9H12ClN3O3. The number of H-pyrrole nitrogens is 1. The van der Waals surface area contributed by atoms with Gasteiger partial charge < -0.3 is 4.90 Å². The molecule has 16 heavy (non-hydrogen) atoms. The number of nitrogens with zero attached hydrogens (tertiary/aromatic N) is 2. The summed E-state index contributed by atoms with van der Waals surface area (Å²) in [4.78, 5) is 37.3. The van der Waals surface area contributed by atoms with Crippen molar-refractivity contribution in [3.63, 3.8) is 0 Å². The first-order chi connectivity index (χ1) is 7.45. The fourth-order valence-corrected chi connectivity index (χ4v) is 1.21. The third-order valence-electron chi connectivity index (χ3n) is 2.17. The maximum atomic E-state index is 11.5. The molecule has 0 fully saturated rings. The summed E-state index contributed by atoms with van der Waals surface area (Å²) in [6.45, 7) is 2.23. The van der Waals surface area contributed by atoms with Gasteiger partial charge in [-0.25, -0.2) is 4.79 Å². The highest BCUT2D eigenvalue weighted by Crippen LogP contribution is 1.96. The van der Waals surface area contributed by atoms with Crippen molar-refractivity contribution in [3.05, 3.63) is 32.1 Å². The summed E-state index contributed by atoms with van der Waals surface area (Å²) in [6, 6.07) is 0. The van der Waals surface area contributed by atoms with Crippen molar-refractivity contribution in [2.75, 3.05) is 13.6 Å². The van der Waals surface area contributed by atoms with Crippen molar-refractivity contribution in [1.29, 1.82) is 0 Å². The number of hydrogen-bond acceptors (Lipinski definition) is 3. The van der Waals surface area contributed by atoms with Crippen LogP contribution in [0.1, 0.15) is 6.92 Å². The fraction of sp³-hybridized carbons (Fsp3) is 0.444. The molecule has 1 N–H and O–H groups in total. The lowest BCUT2D eigenvalue weighted by atomic mass is 10.5. The number of aromatic amines is 1. The molecule has 0 unspecified atom stereocenters. The van der Waals surface area contributed by atoms with Crippen LogP contribution in [-0.2, 0) is 11.3 Å². The number of carbonyl (C=O) groups is 1. The summed E-state index contributed by atoms with van der Waals surface area (Å²) < 4.78 is 1.07. The molecule has 0 atom stereocenters. The highest BCUT2D eigenvalue weighted by molar-refractivity contribution is 6.30. The second kappa shape index (κ2) is 4.98. The molecule has 0 saturated carbocycles. The van der Waals surface area contributed by atoms with Crippen molar-refractivity contribution >= 4 is 17.5 Å². The summed E-state index contributed by atoms with van der Waals surface area (Å²) >= 11 is 5.55. The number of aromatic nitrogens is 2. The normalized spacial score (nSPS) is 10.2. The minimum absolute atomic E-state index is 0.119. The molecule has 1 rings (SSSR count). The van der Waals surface area contributed by atoms with Crippen LogP contribution in [0.15, 0.2) is 15.8 Å². The third-order valence-corrected chi connectivity index (χ3v) is 2.44. The van der Waals surface area contributed by atoms with E-state index in [1.54, 1.807) is 7.05 Å². The van der Waals surface area contributed by atoms with E-state index in [2.05, 4.69) is 0 Å². The van der Waals surface area contributed by atoms with Crippen LogP contribution < -0.4 is 11.2 Å². The number of amides is 1. The molecule has 6 nitrogen and oxygen atoms in total. The smallest absolute Gasteiger partial charge is 0.328 e. The number of nitrogens with one attached hydrogen (secondary N) is 1. The van der Waals surface area contributed by atoms with E-state index in [0.29, 0.717) is 6.54 Å². The Morgan fingerprint density at radius 3 is 2.75 bits per heavy atom. The second-order valence-electron chi connectivity index (χ2n) is 3.27. The third kappa shape index (κ3) is 2.73. The number of likely N-dealkylation sites (N-methyl/N-ethyl adjacent to an activating group) is 1. The van der Waals surface area contributed by atoms with Gasteiger partial charge in [0.05, 0.1) is 0 Å². The first kappa shape index (κ1) is 12.5. The first-order valence-electron chi connectivity index (χ1n) is 4.69. The second-order valence-corrected chi connectivity index (χ2v) is 3.68. The lowest BCUT2D eigenvalue weighted by molar-refractivity contribution is -0.130. The predicted molar refractivity (Wildman–Crippen MR) is 59.6 cm³/mol. The van der Waals surface area contributed by atoms with Crippen LogP contribution in [0.2, 0.25) is 5.02 Å². The minimum Gasteiger partial charge on any atom is -0.344 e. The van der Waals surface area contributed by atoms with Crippen LogP contribution in [-0.4, -0.2) is 34.0 Å². The van der Waals surface area contributed by atoms with Gasteiger partial charge in [0, 0.05) is 19.8 Å². The average Bonchev–Trinajstić information content (AvgIpc) is 2.24. The Balaban J connectivity index is 2.99. The summed E-state index contributed by atoms with van der Waals surface area (Å²) in [5.74, 6) is -0.229. The quantitative estimate of drug-likeness (QED) is 0.792. The maximum absolute atomic E-state index is 11.5. The standard InChI is InChI=1S/C9H12ClN3O3/c1-3-12(2)7(14)5-13-4-6(10)8(15)11-9(13)16/h4H,3,5H2,1-2H3,(H,11,15,16). The van der Waals surface area contributed by atoms with E-state index in [0.717, 1.165) is 10.8 Å². The van der Waals surface area contributed by atoms with E-state index >= 15 is 0 Å². The van der Waals surface area contributed by atoms with Crippen LogP contribution in [0.4, 0.5) is 0 Å². The molecule has 7 heteroatoms. The molecule has 0 aliphatic rings. The molecule has 0 aliphatic heterocycles. The zero-order valence-electron chi connectivity index (χ0n) is 8.99. The molecule has 0 aromatic carbocycles. The number of hydrogen-bond donors (Lipinski definition) is 1. The molecule has 1 heterocycles. The SMILES string of the molecule is CCN(C)C(=O)Cn1cc(Cl)c(=O)[nH]c1=O.